The standard InChI is InChI=1S/2BH3O3.2Li.O/c2*2-1(3)4;;;/h2*2-4H;;;/q;;2*+1;-2. The van der Waals surface area contributed by atoms with Gasteiger partial charge in [0.15, 0.2) is 0 Å². The average Bonchev–Trinajstić information content (AvgIpc) is 1.25. The van der Waals surface area contributed by atoms with Gasteiger partial charge in [0.1, 0.15) is 0 Å². The first-order valence-corrected chi connectivity index (χ1v) is 1.55. The van der Waals surface area contributed by atoms with Crippen LogP contribution in [-0.2, 0) is 5.48 Å². The summed E-state index contributed by atoms with van der Waals surface area (Å²) in [7, 11) is -4.33. The van der Waals surface area contributed by atoms with Gasteiger partial charge in [-0.3, -0.25) is 0 Å². The van der Waals surface area contributed by atoms with Crippen molar-refractivity contribution in [1.82, 2.24) is 0 Å². The molecule has 0 bridgehead atoms. The summed E-state index contributed by atoms with van der Waals surface area (Å²) in [5.74, 6) is 0. The van der Waals surface area contributed by atoms with Crippen molar-refractivity contribution in [2.45, 2.75) is 0 Å². The normalized spacial score (nSPS) is 4.91. The molecule has 0 fully saturated rings. The van der Waals surface area contributed by atoms with Crippen molar-refractivity contribution in [3.8, 4) is 0 Å². The molecule has 56 valence electrons. The first-order valence-electron chi connectivity index (χ1n) is 1.55. The van der Waals surface area contributed by atoms with Gasteiger partial charge in [0, 0.05) is 0 Å². The Kier molecular flexibility index (Phi) is 60.4. The molecule has 0 spiro atoms. The third-order valence-electron chi connectivity index (χ3n) is 0. The second kappa shape index (κ2) is 22.5. The Labute approximate surface area is 88.1 Å². The van der Waals surface area contributed by atoms with Gasteiger partial charge in [0.25, 0.3) is 0 Å². The van der Waals surface area contributed by atoms with Gasteiger partial charge in [-0.05, 0) is 0 Å². The van der Waals surface area contributed by atoms with Gasteiger partial charge in [0.05, 0.1) is 0 Å². The van der Waals surface area contributed by atoms with Crippen molar-refractivity contribution in [1.29, 1.82) is 0 Å². The van der Waals surface area contributed by atoms with E-state index in [4.69, 9.17) is 30.1 Å². The zero-order valence-corrected chi connectivity index (χ0v) is 6.25. The van der Waals surface area contributed by atoms with E-state index in [1.807, 2.05) is 0 Å². The fourth-order valence-corrected chi connectivity index (χ4v) is 0. The second-order valence-electron chi connectivity index (χ2n) is 0.693. The minimum atomic E-state index is -2.17. The quantitative estimate of drug-likeness (QED) is 0.190. The molecular formula is H6B2Li2O7. The van der Waals surface area contributed by atoms with E-state index in [1.54, 1.807) is 0 Å². The van der Waals surface area contributed by atoms with Crippen LogP contribution in [0, 0.1) is 0 Å². The first-order chi connectivity index (χ1) is 3.46. The second-order valence-corrected chi connectivity index (χ2v) is 0.693. The van der Waals surface area contributed by atoms with Crippen LogP contribution in [0.4, 0.5) is 0 Å². The molecule has 0 aromatic heterocycles. The third-order valence-corrected chi connectivity index (χ3v) is 0. The minimum Gasteiger partial charge on any atom is -2.00 e. The summed E-state index contributed by atoms with van der Waals surface area (Å²) in [5, 5.41) is 43.0. The van der Waals surface area contributed by atoms with Crippen molar-refractivity contribution >= 4 is 14.6 Å². The molecular weight excluding hydrogens is 147 g/mol. The van der Waals surface area contributed by atoms with E-state index in [0.29, 0.717) is 0 Å². The topological polar surface area (TPSA) is 150 Å². The Bertz CT molecular complexity index is 29.9. The van der Waals surface area contributed by atoms with Crippen LogP contribution >= 0.6 is 0 Å². The molecule has 11 heavy (non-hydrogen) atoms. The smallest absolute Gasteiger partial charge is 1.00 e. The van der Waals surface area contributed by atoms with Crippen LogP contribution in [0.15, 0.2) is 0 Å². The largest absolute Gasteiger partial charge is 2.00 e. The molecule has 0 saturated heterocycles. The molecule has 0 heterocycles. The Hall–Kier alpha value is 1.04. The molecule has 0 amide bonds. The van der Waals surface area contributed by atoms with Crippen LogP contribution in [0.3, 0.4) is 0 Å². The Morgan fingerprint density at radius 3 is 0.545 bits per heavy atom. The number of hydrogen-bond donors (Lipinski definition) is 6. The summed E-state index contributed by atoms with van der Waals surface area (Å²) >= 11 is 0. The van der Waals surface area contributed by atoms with Gasteiger partial charge in [-0.2, -0.15) is 0 Å². The molecule has 11 heteroatoms. The zero-order valence-electron chi connectivity index (χ0n) is 6.25. The first kappa shape index (κ1) is 29.6. The van der Waals surface area contributed by atoms with Crippen molar-refractivity contribution in [3.63, 3.8) is 0 Å². The molecule has 0 unspecified atom stereocenters. The van der Waals surface area contributed by atoms with Crippen molar-refractivity contribution in [3.05, 3.63) is 0 Å². The molecule has 0 saturated carbocycles. The summed E-state index contributed by atoms with van der Waals surface area (Å²) in [6, 6.07) is 0. The molecule has 0 atom stereocenters. The molecule has 0 aliphatic rings. The van der Waals surface area contributed by atoms with Crippen LogP contribution in [0.2, 0.25) is 0 Å². The fraction of sp³-hybridized carbons (Fsp3) is 0. The van der Waals surface area contributed by atoms with E-state index in [-0.39, 0.29) is 43.2 Å². The van der Waals surface area contributed by atoms with Gasteiger partial charge in [-0.25, -0.2) is 0 Å². The van der Waals surface area contributed by atoms with E-state index in [2.05, 4.69) is 0 Å². The Morgan fingerprint density at radius 1 is 0.545 bits per heavy atom. The Balaban J connectivity index is -0.0000000171. The monoisotopic (exact) mass is 154 g/mol. The number of hydrogen-bond acceptors (Lipinski definition) is 6. The van der Waals surface area contributed by atoms with E-state index in [1.165, 1.54) is 0 Å². The van der Waals surface area contributed by atoms with E-state index in [9.17, 15) is 0 Å². The molecule has 7 nitrogen and oxygen atoms in total. The summed E-state index contributed by atoms with van der Waals surface area (Å²) in [6.45, 7) is 0. The minimum absolute atomic E-state index is 0. The zero-order chi connectivity index (χ0) is 7.15. The molecule has 0 aliphatic heterocycles. The van der Waals surface area contributed by atoms with E-state index < -0.39 is 14.6 Å². The maximum Gasteiger partial charge on any atom is 1.00 e. The van der Waals surface area contributed by atoms with E-state index in [0.717, 1.165) is 0 Å². The van der Waals surface area contributed by atoms with Crippen molar-refractivity contribution in [2.75, 3.05) is 0 Å². The van der Waals surface area contributed by atoms with Crippen LogP contribution < -0.4 is 37.7 Å². The van der Waals surface area contributed by atoms with Gasteiger partial charge < -0.3 is 35.6 Å². The molecule has 0 aromatic rings. The number of rotatable bonds is 0. The van der Waals surface area contributed by atoms with E-state index >= 15 is 0 Å². The van der Waals surface area contributed by atoms with Crippen LogP contribution in [-0.4, -0.2) is 44.8 Å². The third kappa shape index (κ3) is 828. The molecule has 0 aromatic carbocycles. The summed E-state index contributed by atoms with van der Waals surface area (Å²) < 4.78 is 0. The van der Waals surface area contributed by atoms with Crippen LogP contribution in [0.5, 0.6) is 0 Å². The summed E-state index contributed by atoms with van der Waals surface area (Å²) in [6.07, 6.45) is 0. The summed E-state index contributed by atoms with van der Waals surface area (Å²) in [5.41, 5.74) is 0. The maximum atomic E-state index is 7.17. The SMILES string of the molecule is OB(O)O.OB(O)O.[Li+].[Li+].[O-2]. The molecule has 6 N–H and O–H groups in total. The molecule has 0 radical (unpaired) electrons. The van der Waals surface area contributed by atoms with Gasteiger partial charge in [-0.1, -0.05) is 0 Å². The van der Waals surface area contributed by atoms with Gasteiger partial charge >= 0.3 is 52.4 Å². The van der Waals surface area contributed by atoms with Crippen LogP contribution in [0.1, 0.15) is 0 Å². The van der Waals surface area contributed by atoms with Gasteiger partial charge in [-0.15, -0.1) is 0 Å². The molecule has 0 aliphatic carbocycles. The molecule has 0 rings (SSSR count). The van der Waals surface area contributed by atoms with Crippen LogP contribution in [0.25, 0.3) is 0 Å². The van der Waals surface area contributed by atoms with Crippen molar-refractivity contribution in [2.24, 2.45) is 0 Å². The average molecular weight is 154 g/mol. The predicted octanol–water partition coefficient (Wildman–Crippen LogP) is -10.2. The Morgan fingerprint density at radius 2 is 0.545 bits per heavy atom. The predicted molar refractivity (Wildman–Crippen MR) is 25.5 cm³/mol. The maximum absolute atomic E-state index is 7.17. The van der Waals surface area contributed by atoms with Crippen molar-refractivity contribution < 1.29 is 73.3 Å². The fourth-order valence-electron chi connectivity index (χ4n) is 0. The van der Waals surface area contributed by atoms with Gasteiger partial charge in [0.2, 0.25) is 0 Å². The summed E-state index contributed by atoms with van der Waals surface area (Å²) in [4.78, 5) is 0.